The van der Waals surface area contributed by atoms with Crippen LogP contribution < -0.4 is 0 Å². The van der Waals surface area contributed by atoms with Gasteiger partial charge in [0.15, 0.2) is 0 Å². The molecule has 0 aliphatic heterocycles. The molecule has 0 aromatic carbocycles. The molecule has 1 saturated carbocycles. The minimum absolute atomic E-state index is 0. The number of halogens is 9. The van der Waals surface area contributed by atoms with Crippen LogP contribution >= 0.6 is 0 Å². The van der Waals surface area contributed by atoms with Crippen molar-refractivity contribution in [3.8, 4) is 0 Å². The lowest BCUT2D eigenvalue weighted by Crippen LogP contribution is -2.61. The summed E-state index contributed by atoms with van der Waals surface area (Å²) in [4.78, 5) is 35.1. The number of rotatable bonds is 92. The fourth-order valence-corrected chi connectivity index (χ4v) is 10.5. The Balaban J connectivity index is -0.000000489. The first-order valence-corrected chi connectivity index (χ1v) is 46.8. The SMILES string of the molecule is C.C.C.C.C.C.CCC(C)(C)C(=O)OC1CCCCC1.CCC(C)(C)C(=O)OCCC(F)(F)C(F)(F)C(F)(F)C(F)(F)F.CCC(C)(C)C(=O)OCCCOCCCOCCCOCCCOCCCOCCCOCCCOCCCOCCCOCCCOCCCOCCCOCCCOCCCOCCCOCCCOCCCOCCCOCCCOCCCOC. The molecule has 1 aliphatic rings. The zero-order valence-corrected chi connectivity index (χ0v) is 79.1. The molecular weight excluding hydrogens is 1750 g/mol. The van der Waals surface area contributed by atoms with E-state index in [4.69, 9.17) is 104 Å². The molecular formula is C97H195F9O26. The first-order chi connectivity index (χ1) is 60.5. The van der Waals surface area contributed by atoms with Gasteiger partial charge >= 0.3 is 41.9 Å². The van der Waals surface area contributed by atoms with Gasteiger partial charge in [-0.1, -0.05) is 71.8 Å². The van der Waals surface area contributed by atoms with Gasteiger partial charge in [0.1, 0.15) is 6.10 Å². The van der Waals surface area contributed by atoms with E-state index in [1.807, 2.05) is 41.5 Å². The lowest BCUT2D eigenvalue weighted by atomic mass is 9.90. The smallest absolute Gasteiger partial charge is 0.460 e. The van der Waals surface area contributed by atoms with E-state index < -0.39 is 53.8 Å². The Morgan fingerprint density at radius 3 is 0.576 bits per heavy atom. The van der Waals surface area contributed by atoms with E-state index in [0.29, 0.717) is 238 Å². The van der Waals surface area contributed by atoms with Gasteiger partial charge in [-0.25, -0.2) is 0 Å². The molecule has 0 unspecified atom stereocenters. The first-order valence-electron chi connectivity index (χ1n) is 46.8. The topological polar surface area (TPSA) is 263 Å². The number of alkyl halides is 9. The molecule has 802 valence electrons. The number of methoxy groups -OCH3 is 1. The van der Waals surface area contributed by atoms with E-state index >= 15 is 0 Å². The van der Waals surface area contributed by atoms with Gasteiger partial charge in [0.2, 0.25) is 0 Å². The van der Waals surface area contributed by atoms with Gasteiger partial charge in [-0.15, -0.1) is 0 Å². The summed E-state index contributed by atoms with van der Waals surface area (Å²) in [6.07, 6.45) is 16.4. The molecule has 0 aromatic heterocycles. The highest BCUT2D eigenvalue weighted by atomic mass is 19.4. The third kappa shape index (κ3) is 87.3. The van der Waals surface area contributed by atoms with Crippen LogP contribution in [0.5, 0.6) is 0 Å². The standard InChI is InChI=1S/C67H134O22.C12H15F9O2.C12H22O2.6CH4/c1-5-67(2,3)66(68)89-65-25-64-88-63-24-62-87-61-23-60-86-59-22-58-85-57-21-56-84-55-20-54-83-53-19-52-82-51-18-50-81-49-17-48-80-47-16-46-79-45-15-44-78-43-14-42-77-41-13-40-76-39-12-38-75-37-11-36-74-35-10-34-73-33-9-32-72-31-8-30-71-29-7-28-70-27-6-26-69-4;1-4-8(2,3)7(22)23-6-5-9(13,14)10(15,16)11(17,18)12(19,20)21;1-4-12(2,3)11(13)14-10-8-6-5-7-9-10;;;;;;/h5-65H2,1-4H3;4-6H2,1-3H3;10H,4-9H2,1-3H3;6*1H4. The minimum Gasteiger partial charge on any atom is -0.465 e. The van der Waals surface area contributed by atoms with Crippen LogP contribution in [0.25, 0.3) is 0 Å². The summed E-state index contributed by atoms with van der Waals surface area (Å²) >= 11 is 0. The van der Waals surface area contributed by atoms with Crippen molar-refractivity contribution in [1.82, 2.24) is 0 Å². The Bertz CT molecular complexity index is 2360. The van der Waals surface area contributed by atoms with Crippen molar-refractivity contribution in [1.29, 1.82) is 0 Å². The van der Waals surface area contributed by atoms with Crippen molar-refractivity contribution in [2.75, 3.05) is 278 Å². The van der Waals surface area contributed by atoms with Gasteiger partial charge in [-0.2, -0.15) is 39.5 Å². The third-order valence-corrected chi connectivity index (χ3v) is 19.7. The maximum absolute atomic E-state index is 13.1. The molecule has 1 aliphatic carbocycles. The summed E-state index contributed by atoms with van der Waals surface area (Å²) in [6.45, 7) is 42.1. The number of carbonyl (C=O) groups excluding carboxylic acids is 3. The minimum atomic E-state index is -6.93. The second-order valence-electron chi connectivity index (χ2n) is 32.4. The van der Waals surface area contributed by atoms with Crippen LogP contribution in [0.4, 0.5) is 39.5 Å². The summed E-state index contributed by atoms with van der Waals surface area (Å²) in [5.41, 5.74) is -1.87. The molecule has 0 radical (unpaired) electrons. The zero-order valence-electron chi connectivity index (χ0n) is 79.1. The van der Waals surface area contributed by atoms with Crippen molar-refractivity contribution in [3.05, 3.63) is 0 Å². The average molecular weight is 1950 g/mol. The van der Waals surface area contributed by atoms with Crippen molar-refractivity contribution >= 4 is 17.9 Å². The van der Waals surface area contributed by atoms with Gasteiger partial charge in [0.05, 0.1) is 35.9 Å². The average Bonchev–Trinajstić information content (AvgIpc) is 0.744. The van der Waals surface area contributed by atoms with Gasteiger partial charge in [0, 0.05) is 271 Å². The molecule has 35 heteroatoms. The second-order valence-corrected chi connectivity index (χ2v) is 32.4. The van der Waals surface area contributed by atoms with Crippen molar-refractivity contribution in [2.45, 2.75) is 323 Å². The maximum Gasteiger partial charge on any atom is 0.460 e. The van der Waals surface area contributed by atoms with E-state index in [1.165, 1.54) is 40.0 Å². The molecule has 0 N–H and O–H groups in total. The molecule has 0 heterocycles. The normalized spacial score (nSPS) is 12.7. The Kier molecular flexibility index (Phi) is 109. The Labute approximate surface area is 794 Å². The number of ether oxygens (including phenoxy) is 23. The molecule has 132 heavy (non-hydrogen) atoms. The highest BCUT2D eigenvalue weighted by Crippen LogP contribution is 2.54. The maximum atomic E-state index is 13.1. The van der Waals surface area contributed by atoms with Crippen molar-refractivity contribution in [3.63, 3.8) is 0 Å². The van der Waals surface area contributed by atoms with Crippen LogP contribution in [0.1, 0.15) is 293 Å². The third-order valence-electron chi connectivity index (χ3n) is 19.7. The quantitative estimate of drug-likeness (QED) is 0.0237. The Morgan fingerprint density at radius 1 is 0.235 bits per heavy atom. The first kappa shape index (κ1) is 144. The molecule has 1 rings (SSSR count). The molecule has 0 spiro atoms. The van der Waals surface area contributed by atoms with Crippen molar-refractivity contribution < 1.29 is 163 Å². The molecule has 26 nitrogen and oxygen atoms in total. The van der Waals surface area contributed by atoms with Crippen LogP contribution in [0.2, 0.25) is 0 Å². The van der Waals surface area contributed by atoms with E-state index in [2.05, 4.69) is 4.74 Å². The Morgan fingerprint density at radius 2 is 0.402 bits per heavy atom. The van der Waals surface area contributed by atoms with Crippen molar-refractivity contribution in [2.24, 2.45) is 16.2 Å². The van der Waals surface area contributed by atoms with Gasteiger partial charge in [-0.05, 0) is 208 Å². The summed E-state index contributed by atoms with van der Waals surface area (Å²) < 4.78 is 241. The highest BCUT2D eigenvalue weighted by molar-refractivity contribution is 5.76. The number of esters is 3. The molecule has 0 bridgehead atoms. The fraction of sp³-hybridized carbons (Fsp3) is 0.969. The predicted octanol–water partition coefficient (Wildman–Crippen LogP) is 21.7. The summed E-state index contributed by atoms with van der Waals surface area (Å²) in [5, 5.41) is 0. The number of hydrogen-bond acceptors (Lipinski definition) is 26. The van der Waals surface area contributed by atoms with Crippen LogP contribution in [0.15, 0.2) is 0 Å². The zero-order chi connectivity index (χ0) is 93.6. The largest absolute Gasteiger partial charge is 0.465 e. The van der Waals surface area contributed by atoms with Crippen LogP contribution in [-0.2, 0) is 123 Å². The van der Waals surface area contributed by atoms with Gasteiger partial charge < -0.3 is 109 Å². The van der Waals surface area contributed by atoms with E-state index in [0.717, 1.165) is 181 Å². The molecule has 0 amide bonds. The van der Waals surface area contributed by atoms with E-state index in [-0.39, 0.29) is 74.4 Å². The van der Waals surface area contributed by atoms with E-state index in [9.17, 15) is 53.9 Å². The molecule has 0 saturated heterocycles. The summed E-state index contributed by atoms with van der Waals surface area (Å²) in [7, 11) is 1.71. The number of hydrogen-bond donors (Lipinski definition) is 0. The van der Waals surface area contributed by atoms with Crippen LogP contribution in [-0.4, -0.2) is 326 Å². The van der Waals surface area contributed by atoms with Crippen LogP contribution in [0.3, 0.4) is 0 Å². The monoisotopic (exact) mass is 1950 g/mol. The fourth-order valence-electron chi connectivity index (χ4n) is 10.5. The lowest BCUT2D eigenvalue weighted by molar-refractivity contribution is -0.397. The van der Waals surface area contributed by atoms with Crippen LogP contribution in [0, 0.1) is 16.2 Å². The number of carbonyl (C=O) groups is 3. The molecule has 0 aromatic rings. The summed E-state index contributed by atoms with van der Waals surface area (Å²) in [6, 6.07) is 0. The van der Waals surface area contributed by atoms with Gasteiger partial charge in [-0.3, -0.25) is 14.4 Å². The van der Waals surface area contributed by atoms with E-state index in [1.54, 1.807) is 7.11 Å². The lowest BCUT2D eigenvalue weighted by Gasteiger charge is -2.33. The second kappa shape index (κ2) is 99.5. The summed E-state index contributed by atoms with van der Waals surface area (Å²) in [5.74, 6) is -20.6. The predicted molar refractivity (Wildman–Crippen MR) is 503 cm³/mol. The highest BCUT2D eigenvalue weighted by Gasteiger charge is 2.81. The Hall–Kier alpha value is -3.02. The molecule has 1 fully saturated rings. The van der Waals surface area contributed by atoms with Gasteiger partial charge in [0.25, 0.3) is 0 Å². The molecule has 0 atom stereocenters.